The fourth-order valence-corrected chi connectivity index (χ4v) is 1.41. The van der Waals surface area contributed by atoms with Crippen molar-refractivity contribution in [2.75, 3.05) is 0 Å². The van der Waals surface area contributed by atoms with Gasteiger partial charge in [0.05, 0.1) is 8.59 Å². The molecule has 4 nitrogen and oxygen atoms in total. The smallest absolute Gasteiger partial charge is 0.264 e. The lowest BCUT2D eigenvalue weighted by atomic mass is 10.3. The van der Waals surface area contributed by atoms with Gasteiger partial charge >= 0.3 is 0 Å². The van der Waals surface area contributed by atoms with Crippen molar-refractivity contribution in [3.05, 3.63) is 43.5 Å². The van der Waals surface area contributed by atoms with Crippen LogP contribution in [0.2, 0.25) is 5.02 Å². The molecule has 0 bridgehead atoms. The van der Waals surface area contributed by atoms with E-state index in [0.717, 1.165) is 0 Å². The molecule has 0 aromatic carbocycles. The van der Waals surface area contributed by atoms with E-state index in [-0.39, 0.29) is 5.56 Å². The molecule has 0 atom stereocenters. The molecule has 0 saturated heterocycles. The van der Waals surface area contributed by atoms with Crippen LogP contribution in [-0.4, -0.2) is 15.0 Å². The van der Waals surface area contributed by atoms with Crippen molar-refractivity contribution < 1.29 is 0 Å². The average molecular weight is 334 g/mol. The van der Waals surface area contributed by atoms with Crippen LogP contribution in [0.4, 0.5) is 0 Å². The second kappa shape index (κ2) is 4.28. The summed E-state index contributed by atoms with van der Waals surface area (Å²) in [6.07, 6.45) is 3.01. The number of hydrogen-bond acceptors (Lipinski definition) is 3. The number of hydrogen-bond donors (Lipinski definition) is 1. The lowest BCUT2D eigenvalue weighted by Crippen LogP contribution is -2.11. The topological polar surface area (TPSA) is 58.6 Å². The summed E-state index contributed by atoms with van der Waals surface area (Å²) >= 11 is 7.62. The van der Waals surface area contributed by atoms with Gasteiger partial charge in [0.2, 0.25) is 0 Å². The van der Waals surface area contributed by atoms with Crippen molar-refractivity contribution in [2.45, 2.75) is 0 Å². The number of pyridine rings is 1. The zero-order valence-electron chi connectivity index (χ0n) is 7.37. The van der Waals surface area contributed by atoms with Crippen molar-refractivity contribution in [3.8, 4) is 11.5 Å². The minimum atomic E-state index is -0.169. The van der Waals surface area contributed by atoms with E-state index >= 15 is 0 Å². The second-order valence-electron chi connectivity index (χ2n) is 2.77. The quantitative estimate of drug-likeness (QED) is 0.813. The minimum Gasteiger partial charge on any atom is -0.304 e. The summed E-state index contributed by atoms with van der Waals surface area (Å²) in [6, 6.07) is 3.40. The van der Waals surface area contributed by atoms with Gasteiger partial charge in [-0.25, -0.2) is 4.98 Å². The van der Waals surface area contributed by atoms with Gasteiger partial charge in [0, 0.05) is 12.4 Å². The van der Waals surface area contributed by atoms with Crippen molar-refractivity contribution in [1.29, 1.82) is 0 Å². The summed E-state index contributed by atoms with van der Waals surface area (Å²) < 4.78 is 0.547. The molecule has 15 heavy (non-hydrogen) atoms. The standard InChI is InChI=1S/C9H5ClIN3O/c10-5-1-2-7(12-3-5)8-13-4-6(11)9(15)14-8/h1-4H,(H,13,14,15). The maximum atomic E-state index is 11.3. The van der Waals surface area contributed by atoms with Gasteiger partial charge in [-0.2, -0.15) is 0 Å². The Balaban J connectivity index is 2.50. The van der Waals surface area contributed by atoms with Gasteiger partial charge in [0.25, 0.3) is 5.56 Å². The number of nitrogens with one attached hydrogen (secondary N) is 1. The van der Waals surface area contributed by atoms with Crippen molar-refractivity contribution in [1.82, 2.24) is 15.0 Å². The van der Waals surface area contributed by atoms with E-state index in [1.807, 2.05) is 22.6 Å². The van der Waals surface area contributed by atoms with Crippen molar-refractivity contribution >= 4 is 34.2 Å². The third-order valence-electron chi connectivity index (χ3n) is 1.73. The van der Waals surface area contributed by atoms with Crippen LogP contribution in [-0.2, 0) is 0 Å². The lowest BCUT2D eigenvalue weighted by molar-refractivity contribution is 1.08. The second-order valence-corrected chi connectivity index (χ2v) is 4.37. The Morgan fingerprint density at radius 3 is 2.67 bits per heavy atom. The Kier molecular flexibility index (Phi) is 3.01. The van der Waals surface area contributed by atoms with Crippen LogP contribution in [0.5, 0.6) is 0 Å². The third-order valence-corrected chi connectivity index (χ3v) is 2.72. The largest absolute Gasteiger partial charge is 0.304 e. The van der Waals surface area contributed by atoms with Gasteiger partial charge in [0.15, 0.2) is 5.82 Å². The molecule has 0 unspecified atom stereocenters. The van der Waals surface area contributed by atoms with Gasteiger partial charge < -0.3 is 4.98 Å². The SMILES string of the molecule is O=c1[nH]c(-c2ccc(Cl)cn2)ncc1I. The molecule has 0 aliphatic carbocycles. The first-order chi connectivity index (χ1) is 7.16. The Bertz CT molecular complexity index is 538. The molecule has 2 rings (SSSR count). The Morgan fingerprint density at radius 2 is 2.07 bits per heavy atom. The average Bonchev–Trinajstić information content (AvgIpc) is 2.23. The summed E-state index contributed by atoms with van der Waals surface area (Å²) in [6.45, 7) is 0. The molecule has 76 valence electrons. The molecule has 0 aliphatic heterocycles. The minimum absolute atomic E-state index is 0.169. The Hall–Kier alpha value is -0.950. The van der Waals surface area contributed by atoms with Gasteiger partial charge in [-0.1, -0.05) is 11.6 Å². The van der Waals surface area contributed by atoms with Crippen LogP contribution in [0.1, 0.15) is 0 Å². The summed E-state index contributed by atoms with van der Waals surface area (Å²) in [4.78, 5) is 22.1. The Labute approximate surface area is 104 Å². The normalized spacial score (nSPS) is 10.3. The molecule has 0 radical (unpaired) electrons. The maximum absolute atomic E-state index is 11.3. The predicted molar refractivity (Wildman–Crippen MR) is 65.8 cm³/mol. The molecular weight excluding hydrogens is 328 g/mol. The van der Waals surface area contributed by atoms with Crippen LogP contribution in [0.3, 0.4) is 0 Å². The summed E-state index contributed by atoms with van der Waals surface area (Å²) in [5.41, 5.74) is 0.422. The van der Waals surface area contributed by atoms with E-state index in [9.17, 15) is 4.79 Å². The van der Waals surface area contributed by atoms with E-state index < -0.39 is 0 Å². The highest BCUT2D eigenvalue weighted by Gasteiger charge is 2.03. The predicted octanol–water partition coefficient (Wildman–Crippen LogP) is 2.09. The molecule has 0 spiro atoms. The first-order valence-corrected chi connectivity index (χ1v) is 5.49. The molecule has 2 heterocycles. The van der Waals surface area contributed by atoms with E-state index in [0.29, 0.717) is 20.1 Å². The van der Waals surface area contributed by atoms with Gasteiger partial charge in [-0.05, 0) is 34.7 Å². The number of halogens is 2. The van der Waals surface area contributed by atoms with Crippen LogP contribution in [0, 0.1) is 3.57 Å². The molecule has 1 N–H and O–H groups in total. The molecule has 0 fully saturated rings. The summed E-state index contributed by atoms with van der Waals surface area (Å²) in [5, 5.41) is 0.548. The number of aromatic amines is 1. The molecular formula is C9H5ClIN3O. The summed E-state index contributed by atoms with van der Waals surface area (Å²) in [5.74, 6) is 0.442. The lowest BCUT2D eigenvalue weighted by Gasteiger charge is -1.99. The van der Waals surface area contributed by atoms with E-state index in [1.165, 1.54) is 12.4 Å². The van der Waals surface area contributed by atoms with Crippen LogP contribution < -0.4 is 5.56 Å². The molecule has 6 heteroatoms. The number of H-pyrrole nitrogens is 1. The maximum Gasteiger partial charge on any atom is 0.264 e. The zero-order valence-corrected chi connectivity index (χ0v) is 10.3. The van der Waals surface area contributed by atoms with Gasteiger partial charge in [-0.3, -0.25) is 9.78 Å². The van der Waals surface area contributed by atoms with E-state index in [1.54, 1.807) is 12.1 Å². The molecule has 2 aromatic rings. The summed E-state index contributed by atoms with van der Waals surface area (Å²) in [7, 11) is 0. The molecule has 0 saturated carbocycles. The monoisotopic (exact) mass is 333 g/mol. The van der Waals surface area contributed by atoms with Gasteiger partial charge in [-0.15, -0.1) is 0 Å². The fourth-order valence-electron chi connectivity index (χ4n) is 1.03. The van der Waals surface area contributed by atoms with Crippen LogP contribution >= 0.6 is 34.2 Å². The number of aromatic nitrogens is 3. The highest BCUT2D eigenvalue weighted by Crippen LogP contribution is 2.13. The molecule has 0 aliphatic rings. The molecule has 0 amide bonds. The molecule has 2 aromatic heterocycles. The van der Waals surface area contributed by atoms with Crippen molar-refractivity contribution in [3.63, 3.8) is 0 Å². The fraction of sp³-hybridized carbons (Fsp3) is 0. The first-order valence-electron chi connectivity index (χ1n) is 4.03. The van der Waals surface area contributed by atoms with Crippen LogP contribution in [0.25, 0.3) is 11.5 Å². The number of nitrogens with zero attached hydrogens (tertiary/aromatic N) is 2. The number of rotatable bonds is 1. The zero-order chi connectivity index (χ0) is 10.8. The van der Waals surface area contributed by atoms with Gasteiger partial charge in [0.1, 0.15) is 5.69 Å². The van der Waals surface area contributed by atoms with E-state index in [2.05, 4.69) is 15.0 Å². The van der Waals surface area contributed by atoms with Crippen LogP contribution in [0.15, 0.2) is 29.3 Å². The first kappa shape index (κ1) is 10.6. The third kappa shape index (κ3) is 2.35. The van der Waals surface area contributed by atoms with Crippen molar-refractivity contribution in [2.24, 2.45) is 0 Å². The highest BCUT2D eigenvalue weighted by atomic mass is 127. The van der Waals surface area contributed by atoms with E-state index in [4.69, 9.17) is 11.6 Å². The highest BCUT2D eigenvalue weighted by molar-refractivity contribution is 14.1. The Morgan fingerprint density at radius 1 is 1.27 bits per heavy atom.